The summed E-state index contributed by atoms with van der Waals surface area (Å²) in [5, 5.41) is 2.44. The van der Waals surface area contributed by atoms with Crippen LogP contribution in [-0.4, -0.2) is 4.57 Å². The van der Waals surface area contributed by atoms with Crippen molar-refractivity contribution in [3.8, 4) is 12.3 Å². The molecular formula is C15H9Br2N. The van der Waals surface area contributed by atoms with Crippen LogP contribution in [0.2, 0.25) is 0 Å². The maximum absolute atomic E-state index is 5.47. The number of halogens is 2. The van der Waals surface area contributed by atoms with Crippen molar-refractivity contribution in [1.82, 2.24) is 4.57 Å². The molecule has 0 aliphatic rings. The van der Waals surface area contributed by atoms with Crippen LogP contribution in [0.4, 0.5) is 0 Å². The van der Waals surface area contributed by atoms with E-state index in [2.05, 4.69) is 66.6 Å². The predicted octanol–water partition coefficient (Wildman–Crippen LogP) is 4.95. The van der Waals surface area contributed by atoms with Gasteiger partial charge in [0.05, 0.1) is 17.6 Å². The lowest BCUT2D eigenvalue weighted by molar-refractivity contribution is 0.924. The fraction of sp³-hybridized carbons (Fsp3) is 0.0667. The van der Waals surface area contributed by atoms with Crippen molar-refractivity contribution in [3.05, 3.63) is 45.3 Å². The van der Waals surface area contributed by atoms with E-state index in [0.29, 0.717) is 6.54 Å². The molecule has 0 fully saturated rings. The van der Waals surface area contributed by atoms with E-state index < -0.39 is 0 Å². The molecule has 1 nitrogen and oxygen atoms in total. The van der Waals surface area contributed by atoms with Crippen LogP contribution in [0, 0.1) is 12.3 Å². The monoisotopic (exact) mass is 361 g/mol. The van der Waals surface area contributed by atoms with E-state index in [0.717, 1.165) is 8.95 Å². The Bertz CT molecular complexity index is 734. The van der Waals surface area contributed by atoms with Crippen LogP contribution in [0.3, 0.4) is 0 Å². The van der Waals surface area contributed by atoms with Gasteiger partial charge in [-0.2, -0.15) is 0 Å². The molecule has 2 aromatic carbocycles. The average molecular weight is 363 g/mol. The van der Waals surface area contributed by atoms with Crippen molar-refractivity contribution >= 4 is 53.7 Å². The van der Waals surface area contributed by atoms with Gasteiger partial charge in [0.1, 0.15) is 0 Å². The van der Waals surface area contributed by atoms with Gasteiger partial charge >= 0.3 is 0 Å². The second-order valence-corrected chi connectivity index (χ2v) is 5.94. The fourth-order valence-electron chi connectivity index (χ4n) is 2.31. The third-order valence-corrected chi connectivity index (χ3v) is 4.02. The molecule has 0 unspecified atom stereocenters. The van der Waals surface area contributed by atoms with Gasteiger partial charge in [-0.15, -0.1) is 6.42 Å². The standard InChI is InChI=1S/C15H9Br2N/c1-2-7-18-14-5-3-10(16)8-12(14)13-9-11(17)4-6-15(13)18/h1,3-6,8-9H,7H2. The third kappa shape index (κ3) is 1.77. The van der Waals surface area contributed by atoms with Gasteiger partial charge in [-0.05, 0) is 36.4 Å². The molecule has 3 heteroatoms. The highest BCUT2D eigenvalue weighted by atomic mass is 79.9. The molecule has 3 aromatic rings. The van der Waals surface area contributed by atoms with Crippen LogP contribution in [0.15, 0.2) is 45.3 Å². The van der Waals surface area contributed by atoms with Crippen molar-refractivity contribution in [1.29, 1.82) is 0 Å². The van der Waals surface area contributed by atoms with Gasteiger partial charge in [0.2, 0.25) is 0 Å². The van der Waals surface area contributed by atoms with Gasteiger partial charge in [0.25, 0.3) is 0 Å². The summed E-state index contributed by atoms with van der Waals surface area (Å²) in [5.74, 6) is 2.72. The predicted molar refractivity (Wildman–Crippen MR) is 83.7 cm³/mol. The minimum absolute atomic E-state index is 0.587. The van der Waals surface area contributed by atoms with E-state index >= 15 is 0 Å². The first-order valence-corrected chi connectivity index (χ1v) is 7.10. The zero-order valence-corrected chi connectivity index (χ0v) is 12.6. The van der Waals surface area contributed by atoms with Crippen LogP contribution in [0.5, 0.6) is 0 Å². The third-order valence-electron chi connectivity index (χ3n) is 3.04. The zero-order valence-electron chi connectivity index (χ0n) is 9.45. The Balaban J connectivity index is 2.53. The van der Waals surface area contributed by atoms with Crippen molar-refractivity contribution in [3.63, 3.8) is 0 Å². The zero-order chi connectivity index (χ0) is 12.7. The largest absolute Gasteiger partial charge is 0.329 e. The molecule has 88 valence electrons. The van der Waals surface area contributed by atoms with Gasteiger partial charge in [-0.3, -0.25) is 0 Å². The van der Waals surface area contributed by atoms with Crippen molar-refractivity contribution in [2.45, 2.75) is 6.54 Å². The quantitative estimate of drug-likeness (QED) is 0.539. The molecule has 3 rings (SSSR count). The summed E-state index contributed by atoms with van der Waals surface area (Å²) in [6.45, 7) is 0.587. The van der Waals surface area contributed by atoms with E-state index in [-0.39, 0.29) is 0 Å². The summed E-state index contributed by atoms with van der Waals surface area (Å²) < 4.78 is 4.33. The maximum Gasteiger partial charge on any atom is 0.0841 e. The Morgan fingerprint density at radius 1 is 0.944 bits per heavy atom. The van der Waals surface area contributed by atoms with E-state index in [9.17, 15) is 0 Å². The number of hydrogen-bond acceptors (Lipinski definition) is 0. The smallest absolute Gasteiger partial charge is 0.0841 e. The average Bonchev–Trinajstić information content (AvgIpc) is 2.64. The number of hydrogen-bond donors (Lipinski definition) is 0. The van der Waals surface area contributed by atoms with E-state index in [1.807, 2.05) is 12.1 Å². The van der Waals surface area contributed by atoms with Gasteiger partial charge < -0.3 is 4.57 Å². The highest BCUT2D eigenvalue weighted by Crippen LogP contribution is 2.32. The summed E-state index contributed by atoms with van der Waals surface area (Å²) >= 11 is 7.05. The molecular weight excluding hydrogens is 354 g/mol. The fourth-order valence-corrected chi connectivity index (χ4v) is 3.03. The minimum Gasteiger partial charge on any atom is -0.329 e. The topological polar surface area (TPSA) is 4.93 Å². The molecule has 0 aliphatic heterocycles. The second kappa shape index (κ2) is 4.46. The Labute approximate surface area is 122 Å². The summed E-state index contributed by atoms with van der Waals surface area (Å²) in [5.41, 5.74) is 2.34. The molecule has 18 heavy (non-hydrogen) atoms. The molecule has 0 N–H and O–H groups in total. The number of fused-ring (bicyclic) bond motifs is 3. The Morgan fingerprint density at radius 3 is 1.89 bits per heavy atom. The first-order chi connectivity index (χ1) is 8.70. The molecule has 0 spiro atoms. The van der Waals surface area contributed by atoms with Crippen molar-refractivity contribution < 1.29 is 0 Å². The molecule has 0 radical (unpaired) electrons. The van der Waals surface area contributed by atoms with Crippen LogP contribution in [-0.2, 0) is 6.54 Å². The maximum atomic E-state index is 5.47. The van der Waals surface area contributed by atoms with E-state index in [4.69, 9.17) is 6.42 Å². The van der Waals surface area contributed by atoms with Crippen LogP contribution in [0.1, 0.15) is 0 Å². The van der Waals surface area contributed by atoms with Gasteiger partial charge in [-0.25, -0.2) is 0 Å². The first-order valence-electron chi connectivity index (χ1n) is 5.51. The normalized spacial score (nSPS) is 10.9. The van der Waals surface area contributed by atoms with Crippen LogP contribution >= 0.6 is 31.9 Å². The van der Waals surface area contributed by atoms with Gasteiger partial charge in [0, 0.05) is 19.7 Å². The van der Waals surface area contributed by atoms with Crippen molar-refractivity contribution in [2.75, 3.05) is 0 Å². The lowest BCUT2D eigenvalue weighted by atomic mass is 10.2. The number of nitrogens with zero attached hydrogens (tertiary/aromatic N) is 1. The minimum atomic E-state index is 0.587. The molecule has 1 heterocycles. The molecule has 0 bridgehead atoms. The summed E-state index contributed by atoms with van der Waals surface area (Å²) in [4.78, 5) is 0. The summed E-state index contributed by atoms with van der Waals surface area (Å²) in [6.07, 6.45) is 5.47. The van der Waals surface area contributed by atoms with Crippen molar-refractivity contribution in [2.24, 2.45) is 0 Å². The first kappa shape index (κ1) is 11.8. The highest BCUT2D eigenvalue weighted by Gasteiger charge is 2.10. The number of aromatic nitrogens is 1. The van der Waals surface area contributed by atoms with E-state index in [1.165, 1.54) is 21.8 Å². The van der Waals surface area contributed by atoms with Gasteiger partial charge in [-0.1, -0.05) is 37.8 Å². The Kier molecular flexibility index (Phi) is 2.93. The molecule has 1 aromatic heterocycles. The molecule has 0 aliphatic carbocycles. The Morgan fingerprint density at radius 2 is 1.44 bits per heavy atom. The number of rotatable bonds is 1. The SMILES string of the molecule is C#CCn1c2ccc(Br)cc2c2cc(Br)ccc21. The lowest BCUT2D eigenvalue weighted by Gasteiger charge is -2.02. The van der Waals surface area contributed by atoms with Crippen LogP contribution in [0.25, 0.3) is 21.8 Å². The van der Waals surface area contributed by atoms with E-state index in [1.54, 1.807) is 0 Å². The number of terminal acetylenes is 1. The number of benzene rings is 2. The summed E-state index contributed by atoms with van der Waals surface area (Å²) in [6, 6.07) is 12.6. The highest BCUT2D eigenvalue weighted by molar-refractivity contribution is 9.10. The molecule has 0 amide bonds. The molecule has 0 saturated heterocycles. The second-order valence-electron chi connectivity index (χ2n) is 4.11. The van der Waals surface area contributed by atoms with Crippen LogP contribution < -0.4 is 0 Å². The Hall–Kier alpha value is -1.24. The summed E-state index contributed by atoms with van der Waals surface area (Å²) in [7, 11) is 0. The van der Waals surface area contributed by atoms with Gasteiger partial charge in [0.15, 0.2) is 0 Å². The molecule has 0 atom stereocenters. The molecule has 0 saturated carbocycles. The lowest BCUT2D eigenvalue weighted by Crippen LogP contribution is -1.94.